The molecule has 0 saturated carbocycles. The van der Waals surface area contributed by atoms with Crippen LogP contribution in [0.5, 0.6) is 0 Å². The molecular formula is C13H14N2. The monoisotopic (exact) mass is 198 g/mol. The van der Waals surface area contributed by atoms with Crippen LogP contribution in [0, 0.1) is 11.3 Å². The summed E-state index contributed by atoms with van der Waals surface area (Å²) in [5.41, 5.74) is 3.39. The Morgan fingerprint density at radius 2 is 2.20 bits per heavy atom. The van der Waals surface area contributed by atoms with Gasteiger partial charge in [-0.15, -0.1) is 0 Å². The first-order chi connectivity index (χ1) is 7.22. The van der Waals surface area contributed by atoms with E-state index in [0.717, 1.165) is 17.8 Å². The number of benzene rings is 1. The fourth-order valence-electron chi connectivity index (χ4n) is 2.14. The number of fused-ring (bicyclic) bond motifs is 1. The molecule has 0 aromatic heterocycles. The molecule has 0 spiro atoms. The molecule has 1 heterocycles. The molecule has 0 fully saturated rings. The van der Waals surface area contributed by atoms with Crippen molar-refractivity contribution < 1.29 is 0 Å². The first-order valence-electron chi connectivity index (χ1n) is 5.19. The molecule has 1 unspecified atom stereocenters. The Morgan fingerprint density at radius 3 is 2.87 bits per heavy atom. The molecule has 2 heteroatoms. The largest absolute Gasteiger partial charge is 0.357 e. The molecule has 2 rings (SSSR count). The lowest BCUT2D eigenvalue weighted by Gasteiger charge is -2.23. The van der Waals surface area contributed by atoms with Gasteiger partial charge < -0.3 is 5.32 Å². The Labute approximate surface area is 90.2 Å². The molecule has 2 nitrogen and oxygen atoms in total. The molecule has 0 bridgehead atoms. The Balaban J connectivity index is 2.58. The minimum Gasteiger partial charge on any atom is -0.357 e. The number of hydrogen-bond donors (Lipinski definition) is 1. The van der Waals surface area contributed by atoms with E-state index in [2.05, 4.69) is 37.4 Å². The number of nitrogens with one attached hydrogen (secondary N) is 1. The van der Waals surface area contributed by atoms with Gasteiger partial charge in [0.1, 0.15) is 0 Å². The van der Waals surface area contributed by atoms with Crippen molar-refractivity contribution in [3.8, 4) is 6.07 Å². The summed E-state index contributed by atoms with van der Waals surface area (Å²) in [4.78, 5) is 0. The van der Waals surface area contributed by atoms with Crippen molar-refractivity contribution in [1.82, 2.24) is 0 Å². The van der Waals surface area contributed by atoms with Crippen molar-refractivity contribution in [3.05, 3.63) is 41.6 Å². The quantitative estimate of drug-likeness (QED) is 0.703. The van der Waals surface area contributed by atoms with Crippen LogP contribution in [-0.2, 0) is 5.41 Å². The highest BCUT2D eigenvalue weighted by Gasteiger charge is 2.36. The number of allylic oxidation sites excluding steroid dienone is 2. The first-order valence-corrected chi connectivity index (χ1v) is 5.19. The second-order valence-electron chi connectivity index (χ2n) is 4.04. The zero-order valence-electron chi connectivity index (χ0n) is 9.04. The Morgan fingerprint density at radius 1 is 1.47 bits per heavy atom. The fourth-order valence-corrected chi connectivity index (χ4v) is 2.14. The molecule has 1 N–H and O–H groups in total. The predicted octanol–water partition coefficient (Wildman–Crippen LogP) is 3.19. The summed E-state index contributed by atoms with van der Waals surface area (Å²) in [6.07, 6.45) is 2.61. The average Bonchev–Trinajstić information content (AvgIpc) is 2.55. The highest BCUT2D eigenvalue weighted by atomic mass is 15.0. The topological polar surface area (TPSA) is 35.8 Å². The molecule has 15 heavy (non-hydrogen) atoms. The number of nitriles is 1. The summed E-state index contributed by atoms with van der Waals surface area (Å²) in [7, 11) is 0. The van der Waals surface area contributed by atoms with Crippen molar-refractivity contribution in [3.63, 3.8) is 0 Å². The lowest BCUT2D eigenvalue weighted by atomic mass is 9.79. The van der Waals surface area contributed by atoms with E-state index in [4.69, 9.17) is 5.26 Å². The van der Waals surface area contributed by atoms with Gasteiger partial charge in [-0.1, -0.05) is 25.1 Å². The van der Waals surface area contributed by atoms with Crippen LogP contribution >= 0.6 is 0 Å². The highest BCUT2D eigenvalue weighted by Crippen LogP contribution is 2.45. The molecule has 1 aromatic carbocycles. The molecule has 1 aromatic rings. The zero-order chi connectivity index (χ0) is 10.9. The molecule has 0 amide bonds. The number of rotatable bonds is 1. The number of para-hydroxylation sites is 1. The second-order valence-corrected chi connectivity index (χ2v) is 4.04. The van der Waals surface area contributed by atoms with E-state index in [1.165, 1.54) is 5.56 Å². The lowest BCUT2D eigenvalue weighted by Crippen LogP contribution is -2.20. The molecule has 0 saturated heterocycles. The van der Waals surface area contributed by atoms with Gasteiger partial charge in [0.2, 0.25) is 0 Å². The molecular weight excluding hydrogens is 184 g/mol. The van der Waals surface area contributed by atoms with Gasteiger partial charge in [0.25, 0.3) is 0 Å². The fraction of sp³-hybridized carbons (Fsp3) is 0.308. The molecule has 1 aliphatic rings. The number of hydrogen-bond acceptors (Lipinski definition) is 2. The second kappa shape index (κ2) is 3.43. The van der Waals surface area contributed by atoms with Crippen LogP contribution < -0.4 is 5.32 Å². The van der Waals surface area contributed by atoms with E-state index in [9.17, 15) is 0 Å². The van der Waals surface area contributed by atoms with E-state index in [1.807, 2.05) is 12.1 Å². The smallest absolute Gasteiger partial charge is 0.0930 e. The minimum atomic E-state index is -0.0354. The Hall–Kier alpha value is -1.75. The van der Waals surface area contributed by atoms with Crippen LogP contribution in [-0.4, -0.2) is 0 Å². The van der Waals surface area contributed by atoms with E-state index in [0.29, 0.717) is 0 Å². The van der Waals surface area contributed by atoms with Gasteiger partial charge in [-0.3, -0.25) is 0 Å². The maximum absolute atomic E-state index is 8.77. The molecule has 1 aliphatic heterocycles. The SMILES string of the molecule is CCC1(C)/C(=C/C#N)Nc2ccccc21. The van der Waals surface area contributed by atoms with Gasteiger partial charge in [0.05, 0.1) is 6.07 Å². The summed E-state index contributed by atoms with van der Waals surface area (Å²) < 4.78 is 0. The molecule has 0 radical (unpaired) electrons. The van der Waals surface area contributed by atoms with Crippen LogP contribution in [0.25, 0.3) is 0 Å². The van der Waals surface area contributed by atoms with Crippen molar-refractivity contribution in [1.29, 1.82) is 5.26 Å². The Kier molecular flexibility index (Phi) is 2.24. The zero-order valence-corrected chi connectivity index (χ0v) is 9.04. The summed E-state index contributed by atoms with van der Waals surface area (Å²) >= 11 is 0. The van der Waals surface area contributed by atoms with Gasteiger partial charge in [-0.05, 0) is 25.0 Å². The van der Waals surface area contributed by atoms with E-state index in [-0.39, 0.29) is 5.41 Å². The van der Waals surface area contributed by atoms with E-state index in [1.54, 1.807) is 6.08 Å². The van der Waals surface area contributed by atoms with Crippen molar-refractivity contribution >= 4 is 5.69 Å². The van der Waals surface area contributed by atoms with Crippen LogP contribution in [0.1, 0.15) is 25.8 Å². The summed E-state index contributed by atoms with van der Waals surface area (Å²) in [5.74, 6) is 0. The summed E-state index contributed by atoms with van der Waals surface area (Å²) in [6.45, 7) is 4.32. The summed E-state index contributed by atoms with van der Waals surface area (Å²) in [5, 5.41) is 12.1. The Bertz CT molecular complexity index is 454. The average molecular weight is 198 g/mol. The van der Waals surface area contributed by atoms with Crippen LogP contribution in [0.2, 0.25) is 0 Å². The van der Waals surface area contributed by atoms with Crippen LogP contribution in [0.4, 0.5) is 5.69 Å². The highest BCUT2D eigenvalue weighted by molar-refractivity contribution is 5.68. The van der Waals surface area contributed by atoms with Crippen molar-refractivity contribution in [2.75, 3.05) is 5.32 Å². The number of anilines is 1. The van der Waals surface area contributed by atoms with Crippen molar-refractivity contribution in [2.24, 2.45) is 0 Å². The third kappa shape index (κ3) is 1.32. The third-order valence-electron chi connectivity index (χ3n) is 3.30. The van der Waals surface area contributed by atoms with Crippen LogP contribution in [0.3, 0.4) is 0 Å². The van der Waals surface area contributed by atoms with Gasteiger partial charge >= 0.3 is 0 Å². The standard InChI is InChI=1S/C13H14N2/c1-3-13(2)10-6-4-5-7-11(10)15-12(13)8-9-14/h4-8,15H,3H2,1-2H3/b12-8-. The maximum atomic E-state index is 8.77. The first kappa shape index (κ1) is 9.79. The van der Waals surface area contributed by atoms with E-state index < -0.39 is 0 Å². The predicted molar refractivity (Wildman–Crippen MR) is 61.4 cm³/mol. The molecule has 0 aliphatic carbocycles. The third-order valence-corrected chi connectivity index (χ3v) is 3.30. The van der Waals surface area contributed by atoms with Gasteiger partial charge in [0.15, 0.2) is 0 Å². The molecule has 76 valence electrons. The maximum Gasteiger partial charge on any atom is 0.0930 e. The van der Waals surface area contributed by atoms with Gasteiger partial charge in [-0.2, -0.15) is 5.26 Å². The normalized spacial score (nSPS) is 25.8. The lowest BCUT2D eigenvalue weighted by molar-refractivity contribution is 0.560. The van der Waals surface area contributed by atoms with Crippen LogP contribution in [0.15, 0.2) is 36.0 Å². The summed E-state index contributed by atoms with van der Waals surface area (Å²) in [6, 6.07) is 10.4. The minimum absolute atomic E-state index is 0.0354. The molecule has 1 atom stereocenters. The van der Waals surface area contributed by atoms with Crippen molar-refractivity contribution in [2.45, 2.75) is 25.7 Å². The van der Waals surface area contributed by atoms with Gasteiger partial charge in [0, 0.05) is 22.9 Å². The van der Waals surface area contributed by atoms with E-state index >= 15 is 0 Å². The number of nitrogens with zero attached hydrogens (tertiary/aromatic N) is 1. The van der Waals surface area contributed by atoms with Gasteiger partial charge in [-0.25, -0.2) is 0 Å².